The van der Waals surface area contributed by atoms with Gasteiger partial charge in [-0.3, -0.25) is 14.4 Å². The number of rotatable bonds is 4. The predicted octanol–water partition coefficient (Wildman–Crippen LogP) is 0.689. The number of aromatic nitrogens is 1. The number of thioether (sulfide) groups is 1. The fraction of sp³-hybridized carbons (Fsp3) is 0.467. The molecule has 2 N–H and O–H groups in total. The maximum absolute atomic E-state index is 12.4. The highest BCUT2D eigenvalue weighted by molar-refractivity contribution is 14.1. The van der Waals surface area contributed by atoms with Gasteiger partial charge in [-0.1, -0.05) is 0 Å². The van der Waals surface area contributed by atoms with Crippen molar-refractivity contribution in [2.75, 3.05) is 0 Å². The normalized spacial score (nSPS) is 26.2. The van der Waals surface area contributed by atoms with Gasteiger partial charge >= 0.3 is 5.97 Å². The SMILES string of the molecule is CC1(C)S[C@@H]2[C@H](NC(=O)Cn3cc(I)c(=O)c(I)c3)C(=O)N2[C@H]1C(=O)O. The number of β-lactam (4-membered cyclic amide) rings is 1. The molecule has 8 nitrogen and oxygen atoms in total. The zero-order valence-corrected chi connectivity index (χ0v) is 18.9. The van der Waals surface area contributed by atoms with Crippen molar-refractivity contribution in [3.8, 4) is 0 Å². The van der Waals surface area contributed by atoms with E-state index in [0.717, 1.165) is 0 Å². The van der Waals surface area contributed by atoms with E-state index < -0.39 is 22.8 Å². The minimum absolute atomic E-state index is 0.0286. The number of hydrogen-bond acceptors (Lipinski definition) is 5. The van der Waals surface area contributed by atoms with Crippen LogP contribution in [0.3, 0.4) is 0 Å². The summed E-state index contributed by atoms with van der Waals surface area (Å²) in [6.07, 6.45) is 3.15. The Morgan fingerprint density at radius 2 is 1.85 bits per heavy atom. The van der Waals surface area contributed by atoms with Crippen LogP contribution in [-0.4, -0.2) is 54.6 Å². The molecule has 2 fully saturated rings. The number of nitrogens with zero attached hydrogens (tertiary/aromatic N) is 2. The first-order valence-corrected chi connectivity index (χ1v) is 10.6. The Bertz CT molecular complexity index is 845. The molecule has 0 unspecified atom stereocenters. The maximum Gasteiger partial charge on any atom is 0.327 e. The van der Waals surface area contributed by atoms with Gasteiger partial charge in [-0.25, -0.2) is 4.79 Å². The molecular weight excluding hydrogens is 588 g/mol. The van der Waals surface area contributed by atoms with Crippen LogP contribution in [0.2, 0.25) is 0 Å². The van der Waals surface area contributed by atoms with Crippen molar-refractivity contribution in [3.63, 3.8) is 0 Å². The largest absolute Gasteiger partial charge is 0.480 e. The Balaban J connectivity index is 1.69. The number of hydrogen-bond donors (Lipinski definition) is 2. The summed E-state index contributed by atoms with van der Waals surface area (Å²) < 4.78 is 1.97. The summed E-state index contributed by atoms with van der Waals surface area (Å²) in [4.78, 5) is 49.2. The van der Waals surface area contributed by atoms with Gasteiger partial charge in [0.05, 0.1) is 7.14 Å². The van der Waals surface area contributed by atoms with E-state index in [1.54, 1.807) is 30.8 Å². The van der Waals surface area contributed by atoms with Gasteiger partial charge in [0.2, 0.25) is 17.2 Å². The van der Waals surface area contributed by atoms with Crippen LogP contribution >= 0.6 is 56.9 Å². The Kier molecular flexibility index (Phi) is 5.33. The minimum atomic E-state index is -1.04. The number of aliphatic carboxylic acids is 1. The molecule has 3 heterocycles. The molecule has 3 rings (SSSR count). The number of carbonyl (C=O) groups is 3. The van der Waals surface area contributed by atoms with Crippen LogP contribution in [0.5, 0.6) is 0 Å². The van der Waals surface area contributed by atoms with Gasteiger partial charge in [0, 0.05) is 17.1 Å². The monoisotopic (exact) mass is 603 g/mol. The Morgan fingerprint density at radius 3 is 2.38 bits per heavy atom. The van der Waals surface area contributed by atoms with Crippen LogP contribution in [-0.2, 0) is 20.9 Å². The third kappa shape index (κ3) is 3.37. The highest BCUT2D eigenvalue weighted by atomic mass is 127. The van der Waals surface area contributed by atoms with Gasteiger partial charge in [0.1, 0.15) is 24.0 Å². The second-order valence-corrected chi connectivity index (χ2v) is 10.7. The highest BCUT2D eigenvalue weighted by Crippen LogP contribution is 2.50. The molecule has 2 amide bonds. The first kappa shape index (κ1) is 19.9. The summed E-state index contributed by atoms with van der Waals surface area (Å²) in [7, 11) is 0. The van der Waals surface area contributed by atoms with Crippen molar-refractivity contribution in [2.24, 2.45) is 0 Å². The zero-order valence-electron chi connectivity index (χ0n) is 13.7. The van der Waals surface area contributed by atoms with Crippen molar-refractivity contribution in [1.82, 2.24) is 14.8 Å². The number of carboxylic acid groups (broad SMARTS) is 1. The topological polar surface area (TPSA) is 109 Å². The van der Waals surface area contributed by atoms with Gasteiger partial charge in [0.15, 0.2) is 0 Å². The number of pyridine rings is 1. The molecule has 3 atom stereocenters. The Morgan fingerprint density at radius 1 is 1.27 bits per heavy atom. The van der Waals surface area contributed by atoms with E-state index in [0.29, 0.717) is 7.14 Å². The molecule has 11 heteroatoms. The zero-order chi connectivity index (χ0) is 19.4. The molecular formula is C15H15I2N3O5S. The summed E-state index contributed by atoms with van der Waals surface area (Å²) in [5.41, 5.74) is -0.0861. The average Bonchev–Trinajstić information content (AvgIpc) is 2.78. The molecule has 26 heavy (non-hydrogen) atoms. The fourth-order valence-electron chi connectivity index (χ4n) is 3.18. The van der Waals surface area contributed by atoms with Crippen LogP contribution in [0.25, 0.3) is 0 Å². The second kappa shape index (κ2) is 6.96. The van der Waals surface area contributed by atoms with Gasteiger partial charge in [-0.15, -0.1) is 11.8 Å². The number of nitrogens with one attached hydrogen (secondary N) is 1. The molecule has 1 aromatic rings. The number of carboxylic acids is 1. The standard InChI is InChI=1S/C15H15I2N3O5S/c1-15(2)11(14(24)25)20-12(23)9(13(20)26-15)18-8(21)5-19-3-6(16)10(22)7(17)4-19/h3-4,9,11,13H,5H2,1-2H3,(H,18,21)(H,24,25)/t9-,11+,13-/m1/s1. The maximum atomic E-state index is 12.4. The minimum Gasteiger partial charge on any atom is -0.480 e. The molecule has 2 aliphatic heterocycles. The number of amides is 2. The van der Waals surface area contributed by atoms with Crippen molar-refractivity contribution < 1.29 is 19.5 Å². The number of halogens is 2. The molecule has 0 aromatic carbocycles. The first-order chi connectivity index (χ1) is 12.0. The van der Waals surface area contributed by atoms with Gasteiger partial charge in [0.25, 0.3) is 0 Å². The molecule has 140 valence electrons. The highest BCUT2D eigenvalue weighted by Gasteiger charge is 2.64. The lowest BCUT2D eigenvalue weighted by atomic mass is 9.96. The van der Waals surface area contributed by atoms with Gasteiger partial charge in [-0.2, -0.15) is 0 Å². The molecule has 0 bridgehead atoms. The number of fused-ring (bicyclic) bond motifs is 1. The third-order valence-corrected chi connectivity index (χ3v) is 7.42. The fourth-order valence-corrected chi connectivity index (χ4v) is 6.62. The van der Waals surface area contributed by atoms with E-state index in [9.17, 15) is 24.3 Å². The lowest BCUT2D eigenvalue weighted by Crippen LogP contribution is -2.70. The quantitative estimate of drug-likeness (QED) is 0.388. The van der Waals surface area contributed by atoms with Gasteiger partial charge < -0.3 is 19.9 Å². The van der Waals surface area contributed by atoms with Crippen LogP contribution in [0.4, 0.5) is 0 Å². The molecule has 0 radical (unpaired) electrons. The third-order valence-electron chi connectivity index (χ3n) is 4.31. The lowest BCUT2D eigenvalue weighted by molar-refractivity contribution is -0.161. The summed E-state index contributed by atoms with van der Waals surface area (Å²) in [6, 6.07) is -1.63. The van der Waals surface area contributed by atoms with E-state index in [2.05, 4.69) is 5.32 Å². The van der Waals surface area contributed by atoms with Gasteiger partial charge in [-0.05, 0) is 59.0 Å². The first-order valence-electron chi connectivity index (χ1n) is 7.60. The summed E-state index contributed by atoms with van der Waals surface area (Å²) >= 11 is 5.20. The lowest BCUT2D eigenvalue weighted by Gasteiger charge is -2.43. The van der Waals surface area contributed by atoms with Crippen LogP contribution < -0.4 is 10.7 Å². The summed E-state index contributed by atoms with van der Waals surface area (Å²) in [5.74, 6) is -1.78. The van der Waals surface area contributed by atoms with Crippen LogP contribution in [0.15, 0.2) is 17.2 Å². The van der Waals surface area contributed by atoms with Crippen molar-refractivity contribution in [1.29, 1.82) is 0 Å². The summed E-state index contributed by atoms with van der Waals surface area (Å²) in [6.45, 7) is 3.54. The van der Waals surface area contributed by atoms with Crippen molar-refractivity contribution >= 4 is 74.7 Å². The predicted molar refractivity (Wildman–Crippen MR) is 112 cm³/mol. The number of carbonyl (C=O) groups excluding carboxylic acids is 2. The van der Waals surface area contributed by atoms with E-state index in [-0.39, 0.29) is 29.2 Å². The second-order valence-electron chi connectivity index (χ2n) is 6.60. The van der Waals surface area contributed by atoms with Crippen molar-refractivity contribution in [3.05, 3.63) is 29.8 Å². The van der Waals surface area contributed by atoms with Crippen LogP contribution in [0.1, 0.15) is 13.8 Å². The molecule has 0 saturated carbocycles. The Labute approximate surface area is 180 Å². The van der Waals surface area contributed by atoms with Crippen LogP contribution in [0, 0.1) is 7.14 Å². The molecule has 1 aromatic heterocycles. The molecule has 2 saturated heterocycles. The van der Waals surface area contributed by atoms with Crippen molar-refractivity contribution in [2.45, 2.75) is 42.6 Å². The van der Waals surface area contributed by atoms with E-state index in [1.807, 2.05) is 45.2 Å². The van der Waals surface area contributed by atoms with E-state index in [4.69, 9.17) is 0 Å². The van der Waals surface area contributed by atoms with E-state index in [1.165, 1.54) is 16.7 Å². The molecule has 2 aliphatic rings. The average molecular weight is 603 g/mol. The smallest absolute Gasteiger partial charge is 0.327 e. The molecule has 0 spiro atoms. The van der Waals surface area contributed by atoms with E-state index >= 15 is 0 Å². The Hall–Kier alpha value is -0.830. The summed E-state index contributed by atoms with van der Waals surface area (Å²) in [5, 5.41) is 11.7. The molecule has 0 aliphatic carbocycles.